The molecule has 1 aromatic heterocycles. The van der Waals surface area contributed by atoms with E-state index in [-0.39, 0.29) is 11.5 Å². The van der Waals surface area contributed by atoms with Crippen molar-refractivity contribution in [3.63, 3.8) is 0 Å². The van der Waals surface area contributed by atoms with Crippen molar-refractivity contribution in [2.75, 3.05) is 0 Å². The van der Waals surface area contributed by atoms with E-state index in [1.807, 2.05) is 12.4 Å². The number of aromatic nitrogens is 1. The minimum atomic E-state index is -0.134. The molecule has 0 aromatic carbocycles. The zero-order valence-corrected chi connectivity index (χ0v) is 8.77. The second kappa shape index (κ2) is 3.35. The van der Waals surface area contributed by atoms with Crippen molar-refractivity contribution in [1.29, 1.82) is 0 Å². The Hall–Kier alpha value is -0.890. The molecular weight excluding hydrogens is 174 g/mol. The van der Waals surface area contributed by atoms with Gasteiger partial charge in [0.25, 0.3) is 0 Å². The van der Waals surface area contributed by atoms with Gasteiger partial charge in [-0.2, -0.15) is 0 Å². The molecule has 1 fully saturated rings. The van der Waals surface area contributed by atoms with E-state index in [4.69, 9.17) is 0 Å². The van der Waals surface area contributed by atoms with Gasteiger partial charge >= 0.3 is 0 Å². The standard InChI is InChI=1S/C12H17NO/c1-3-12(2)10(8-11(12)14)9-4-6-13-7-5-9/h4-7,10-11,14H,3,8H2,1-2H3. The third-order valence-corrected chi connectivity index (χ3v) is 3.89. The molecule has 1 aliphatic carbocycles. The summed E-state index contributed by atoms with van der Waals surface area (Å²) < 4.78 is 0. The Balaban J connectivity index is 2.23. The molecular formula is C12H17NO. The quantitative estimate of drug-likeness (QED) is 0.778. The van der Waals surface area contributed by atoms with E-state index in [2.05, 4.69) is 31.0 Å². The molecule has 1 N–H and O–H groups in total. The van der Waals surface area contributed by atoms with E-state index in [0.29, 0.717) is 5.92 Å². The predicted molar refractivity (Wildman–Crippen MR) is 56.0 cm³/mol. The summed E-state index contributed by atoms with van der Waals surface area (Å²) in [5.41, 5.74) is 1.39. The molecule has 0 radical (unpaired) electrons. The first kappa shape index (κ1) is 9.66. The largest absolute Gasteiger partial charge is 0.393 e. The fourth-order valence-corrected chi connectivity index (χ4v) is 2.43. The van der Waals surface area contributed by atoms with Gasteiger partial charge < -0.3 is 5.11 Å². The molecule has 76 valence electrons. The SMILES string of the molecule is CCC1(C)C(O)CC1c1ccncc1. The number of aliphatic hydroxyl groups excluding tert-OH is 1. The third kappa shape index (κ3) is 1.25. The lowest BCUT2D eigenvalue weighted by Gasteiger charge is -2.51. The Morgan fingerprint density at radius 3 is 2.64 bits per heavy atom. The first-order chi connectivity index (χ1) is 6.68. The van der Waals surface area contributed by atoms with Crippen LogP contribution in [0.2, 0.25) is 0 Å². The molecule has 2 heteroatoms. The summed E-state index contributed by atoms with van der Waals surface area (Å²) in [5, 5.41) is 9.78. The molecule has 3 atom stereocenters. The highest BCUT2D eigenvalue weighted by Crippen LogP contribution is 2.54. The molecule has 1 aromatic rings. The zero-order chi connectivity index (χ0) is 10.2. The fraction of sp³-hybridized carbons (Fsp3) is 0.583. The van der Waals surface area contributed by atoms with Crippen LogP contribution in [0.4, 0.5) is 0 Å². The number of aliphatic hydroxyl groups is 1. The molecule has 0 aliphatic heterocycles. The summed E-state index contributed by atoms with van der Waals surface area (Å²) in [6.45, 7) is 4.32. The summed E-state index contributed by atoms with van der Waals surface area (Å²) >= 11 is 0. The van der Waals surface area contributed by atoms with Crippen molar-refractivity contribution in [1.82, 2.24) is 4.98 Å². The van der Waals surface area contributed by atoms with E-state index in [1.54, 1.807) is 0 Å². The van der Waals surface area contributed by atoms with Gasteiger partial charge in [-0.15, -0.1) is 0 Å². The summed E-state index contributed by atoms with van der Waals surface area (Å²) in [4.78, 5) is 4.02. The van der Waals surface area contributed by atoms with Gasteiger partial charge in [0.1, 0.15) is 0 Å². The van der Waals surface area contributed by atoms with Crippen LogP contribution in [0.3, 0.4) is 0 Å². The van der Waals surface area contributed by atoms with Crippen molar-refractivity contribution >= 4 is 0 Å². The van der Waals surface area contributed by atoms with Crippen LogP contribution in [0.5, 0.6) is 0 Å². The topological polar surface area (TPSA) is 33.1 Å². The van der Waals surface area contributed by atoms with Gasteiger partial charge in [0, 0.05) is 17.8 Å². The molecule has 0 bridgehead atoms. The number of hydrogen-bond donors (Lipinski definition) is 1. The predicted octanol–water partition coefficient (Wildman–Crippen LogP) is 2.35. The second-order valence-corrected chi connectivity index (χ2v) is 4.44. The Bertz CT molecular complexity index is 311. The Labute approximate surface area is 85.0 Å². The highest BCUT2D eigenvalue weighted by atomic mass is 16.3. The van der Waals surface area contributed by atoms with Crippen LogP contribution >= 0.6 is 0 Å². The van der Waals surface area contributed by atoms with Crippen LogP contribution in [0.25, 0.3) is 0 Å². The van der Waals surface area contributed by atoms with Gasteiger partial charge in [-0.3, -0.25) is 4.98 Å². The molecule has 3 unspecified atom stereocenters. The van der Waals surface area contributed by atoms with Gasteiger partial charge in [0.15, 0.2) is 0 Å². The van der Waals surface area contributed by atoms with Crippen molar-refractivity contribution in [3.8, 4) is 0 Å². The number of hydrogen-bond acceptors (Lipinski definition) is 2. The van der Waals surface area contributed by atoms with Gasteiger partial charge in [0.05, 0.1) is 6.10 Å². The summed E-state index contributed by atoms with van der Waals surface area (Å²) in [6, 6.07) is 4.12. The Morgan fingerprint density at radius 2 is 2.14 bits per heavy atom. The Kier molecular flexibility index (Phi) is 2.31. The van der Waals surface area contributed by atoms with Gasteiger partial charge in [0.2, 0.25) is 0 Å². The lowest BCUT2D eigenvalue weighted by atomic mass is 9.55. The average Bonchev–Trinajstić information content (AvgIpc) is 2.25. The molecule has 0 saturated heterocycles. The monoisotopic (exact) mass is 191 g/mol. The lowest BCUT2D eigenvalue weighted by Crippen LogP contribution is -2.49. The third-order valence-electron chi connectivity index (χ3n) is 3.89. The first-order valence-corrected chi connectivity index (χ1v) is 5.26. The number of rotatable bonds is 2. The minimum absolute atomic E-state index is 0.0708. The minimum Gasteiger partial charge on any atom is -0.393 e. The van der Waals surface area contributed by atoms with Crippen LogP contribution in [-0.4, -0.2) is 16.2 Å². The highest BCUT2D eigenvalue weighted by molar-refractivity contribution is 5.24. The normalized spacial score (nSPS) is 36.5. The summed E-state index contributed by atoms with van der Waals surface area (Å²) in [6.07, 6.45) is 5.45. The van der Waals surface area contributed by atoms with Crippen LogP contribution in [-0.2, 0) is 0 Å². The van der Waals surface area contributed by atoms with E-state index < -0.39 is 0 Å². The molecule has 1 heterocycles. The van der Waals surface area contributed by atoms with Crippen LogP contribution < -0.4 is 0 Å². The maximum atomic E-state index is 9.78. The van der Waals surface area contributed by atoms with Gasteiger partial charge in [-0.05, 0) is 36.5 Å². The van der Waals surface area contributed by atoms with E-state index in [9.17, 15) is 5.11 Å². The highest BCUT2D eigenvalue weighted by Gasteiger charge is 2.49. The van der Waals surface area contributed by atoms with Gasteiger partial charge in [-0.25, -0.2) is 0 Å². The van der Waals surface area contributed by atoms with Crippen molar-refractivity contribution in [2.45, 2.75) is 38.7 Å². The number of nitrogens with zero attached hydrogens (tertiary/aromatic N) is 1. The van der Waals surface area contributed by atoms with Crippen LogP contribution in [0.15, 0.2) is 24.5 Å². The lowest BCUT2D eigenvalue weighted by molar-refractivity contribution is -0.0777. The average molecular weight is 191 g/mol. The van der Waals surface area contributed by atoms with Crippen molar-refractivity contribution in [2.24, 2.45) is 5.41 Å². The molecule has 0 amide bonds. The van der Waals surface area contributed by atoms with E-state index >= 15 is 0 Å². The zero-order valence-electron chi connectivity index (χ0n) is 8.77. The first-order valence-electron chi connectivity index (χ1n) is 5.26. The maximum absolute atomic E-state index is 9.78. The molecule has 1 saturated carbocycles. The Morgan fingerprint density at radius 1 is 1.50 bits per heavy atom. The summed E-state index contributed by atoms with van der Waals surface area (Å²) in [5.74, 6) is 0.505. The smallest absolute Gasteiger partial charge is 0.0605 e. The summed E-state index contributed by atoms with van der Waals surface area (Å²) in [7, 11) is 0. The van der Waals surface area contributed by atoms with E-state index in [1.165, 1.54) is 5.56 Å². The fourth-order valence-electron chi connectivity index (χ4n) is 2.43. The van der Waals surface area contributed by atoms with Crippen molar-refractivity contribution < 1.29 is 5.11 Å². The molecule has 14 heavy (non-hydrogen) atoms. The molecule has 1 aliphatic rings. The van der Waals surface area contributed by atoms with Crippen molar-refractivity contribution in [3.05, 3.63) is 30.1 Å². The second-order valence-electron chi connectivity index (χ2n) is 4.44. The van der Waals surface area contributed by atoms with Gasteiger partial charge in [-0.1, -0.05) is 13.8 Å². The van der Waals surface area contributed by atoms with Crippen LogP contribution in [0, 0.1) is 5.41 Å². The molecule has 0 spiro atoms. The van der Waals surface area contributed by atoms with E-state index in [0.717, 1.165) is 12.8 Å². The molecule has 2 rings (SSSR count). The maximum Gasteiger partial charge on any atom is 0.0605 e. The van der Waals surface area contributed by atoms with Crippen LogP contribution in [0.1, 0.15) is 38.2 Å². The molecule has 2 nitrogen and oxygen atoms in total. The number of pyridine rings is 1.